The third kappa shape index (κ3) is 6.12. The number of piperidine rings is 1. The van der Waals surface area contributed by atoms with Gasteiger partial charge in [0.15, 0.2) is 6.29 Å². The van der Waals surface area contributed by atoms with Crippen molar-refractivity contribution in [3.63, 3.8) is 0 Å². The van der Waals surface area contributed by atoms with Crippen LogP contribution in [-0.2, 0) is 9.53 Å². The van der Waals surface area contributed by atoms with Crippen molar-refractivity contribution in [3.05, 3.63) is 66.2 Å². The molecule has 0 bridgehead atoms. The predicted molar refractivity (Wildman–Crippen MR) is 130 cm³/mol. The van der Waals surface area contributed by atoms with Crippen molar-refractivity contribution < 1.29 is 18.8 Å². The van der Waals surface area contributed by atoms with Gasteiger partial charge < -0.3 is 18.8 Å². The van der Waals surface area contributed by atoms with E-state index in [2.05, 4.69) is 44.2 Å². The van der Waals surface area contributed by atoms with Crippen LogP contribution in [0.2, 0.25) is 0 Å². The van der Waals surface area contributed by atoms with Crippen molar-refractivity contribution in [1.29, 1.82) is 0 Å². The molecule has 0 N–H and O–H groups in total. The molecule has 2 aliphatic rings. The van der Waals surface area contributed by atoms with Gasteiger partial charge in [-0.15, -0.1) is 0 Å². The molecule has 0 radical (unpaired) electrons. The van der Waals surface area contributed by atoms with Crippen molar-refractivity contribution in [1.82, 2.24) is 0 Å². The molecule has 0 aliphatic carbocycles. The number of hydrogen-bond donors (Lipinski definition) is 0. The summed E-state index contributed by atoms with van der Waals surface area (Å²) in [5.41, 5.74) is 0.827. The minimum Gasteiger partial charge on any atom is -0.490 e. The number of alkyl halides is 1. The molecule has 32 heavy (non-hydrogen) atoms. The highest BCUT2D eigenvalue weighted by Crippen LogP contribution is 2.38. The highest BCUT2D eigenvalue weighted by Gasteiger charge is 2.48. The van der Waals surface area contributed by atoms with Crippen molar-refractivity contribution in [2.45, 2.75) is 70.2 Å². The minimum absolute atomic E-state index is 0.0261. The largest absolute Gasteiger partial charge is 0.490 e. The second-order valence-electron chi connectivity index (χ2n) is 8.94. The molecule has 2 aromatic rings. The van der Waals surface area contributed by atoms with E-state index in [0.29, 0.717) is 6.10 Å². The maximum atomic E-state index is 10.5. The summed E-state index contributed by atoms with van der Waals surface area (Å²) in [6, 6.07) is 21.2. The van der Waals surface area contributed by atoms with Crippen LogP contribution in [0.25, 0.3) is 0 Å². The van der Waals surface area contributed by atoms with E-state index in [9.17, 15) is 4.79 Å². The highest BCUT2D eigenvalue weighted by atomic mass is 35.5. The Morgan fingerprint density at radius 1 is 1.03 bits per heavy atom. The molecular weight excluding hydrogens is 422 g/mol. The Kier molecular flexibility index (Phi) is 9.58. The molecule has 0 aromatic heterocycles. The number of halogens is 1. The fourth-order valence-corrected chi connectivity index (χ4v) is 5.67. The number of nitrogens with zero attached hydrogens (tertiary/aromatic N) is 1. The van der Waals surface area contributed by atoms with E-state index in [1.165, 1.54) is 49.7 Å². The first-order chi connectivity index (χ1) is 15.6. The number of benzene rings is 2. The Balaban J connectivity index is 0.000000207. The van der Waals surface area contributed by atoms with Crippen LogP contribution in [0.15, 0.2) is 60.7 Å². The van der Waals surface area contributed by atoms with E-state index in [1.807, 2.05) is 30.3 Å². The van der Waals surface area contributed by atoms with Gasteiger partial charge in [0.2, 0.25) is 0 Å². The Morgan fingerprint density at radius 3 is 2.22 bits per heavy atom. The van der Waals surface area contributed by atoms with Gasteiger partial charge in [-0.2, -0.15) is 0 Å². The van der Waals surface area contributed by atoms with Gasteiger partial charge in [0.25, 0.3) is 0 Å². The first kappa shape index (κ1) is 24.8. The fraction of sp³-hybridized carbons (Fsp3) is 0.519. The lowest BCUT2D eigenvalue weighted by Crippen LogP contribution is -2.63. The molecule has 0 amide bonds. The van der Waals surface area contributed by atoms with Gasteiger partial charge in [-0.3, -0.25) is 0 Å². The molecule has 2 fully saturated rings. The summed E-state index contributed by atoms with van der Waals surface area (Å²) in [6.45, 7) is 7.62. The number of para-hydroxylation sites is 1. The maximum Gasteiger partial charge on any atom is 0.153 e. The normalized spacial score (nSPS) is 24.9. The zero-order valence-electron chi connectivity index (χ0n) is 19.4. The van der Waals surface area contributed by atoms with E-state index in [1.54, 1.807) is 0 Å². The predicted octanol–water partition coefficient (Wildman–Crippen LogP) is 6.15. The number of carbonyl (C=O) groups excluding carboxylic acids is 1. The highest BCUT2D eigenvalue weighted by molar-refractivity contribution is 6.17. The topological polar surface area (TPSA) is 35.5 Å². The number of quaternary nitrogens is 1. The lowest BCUT2D eigenvalue weighted by Gasteiger charge is -2.51. The van der Waals surface area contributed by atoms with Crippen LogP contribution in [0, 0.1) is 0 Å². The van der Waals surface area contributed by atoms with Gasteiger partial charge in [0.1, 0.15) is 24.0 Å². The van der Waals surface area contributed by atoms with E-state index in [4.69, 9.17) is 21.1 Å². The van der Waals surface area contributed by atoms with Crippen molar-refractivity contribution in [3.8, 4) is 5.75 Å². The maximum absolute atomic E-state index is 10.5. The second-order valence-corrected chi connectivity index (χ2v) is 9.15. The first-order valence-electron chi connectivity index (χ1n) is 11.9. The van der Waals surface area contributed by atoms with Crippen LogP contribution < -0.4 is 4.74 Å². The zero-order valence-corrected chi connectivity index (χ0v) is 20.1. The van der Waals surface area contributed by atoms with Crippen LogP contribution in [0.5, 0.6) is 5.75 Å². The quantitative estimate of drug-likeness (QED) is 0.284. The average molecular weight is 459 g/mol. The van der Waals surface area contributed by atoms with Crippen LogP contribution in [0.4, 0.5) is 0 Å². The third-order valence-corrected chi connectivity index (χ3v) is 7.28. The molecule has 2 saturated heterocycles. The van der Waals surface area contributed by atoms with Crippen molar-refractivity contribution in [2.24, 2.45) is 0 Å². The summed E-state index contributed by atoms with van der Waals surface area (Å²) in [4.78, 5) is 10.5. The molecule has 4 atom stereocenters. The van der Waals surface area contributed by atoms with E-state index in [-0.39, 0.29) is 6.07 Å². The second kappa shape index (κ2) is 12.4. The van der Waals surface area contributed by atoms with Gasteiger partial charge in [-0.1, -0.05) is 67.1 Å². The van der Waals surface area contributed by atoms with E-state index in [0.717, 1.165) is 29.7 Å². The molecule has 2 aliphatic heterocycles. The van der Waals surface area contributed by atoms with Crippen LogP contribution in [-0.4, -0.2) is 48.1 Å². The monoisotopic (exact) mass is 458 g/mol. The smallest absolute Gasteiger partial charge is 0.153 e. The molecule has 4 rings (SSSR count). The summed E-state index contributed by atoms with van der Waals surface area (Å²) in [7, 11) is 0. The summed E-state index contributed by atoms with van der Waals surface area (Å²) in [6.07, 6.45) is 7.18. The number of carbonyl (C=O) groups is 1. The number of hydrogen-bond acceptors (Lipinski definition) is 3. The summed E-state index contributed by atoms with van der Waals surface area (Å²) in [5.74, 6) is 1.04. The molecule has 4 nitrogen and oxygen atoms in total. The standard InChI is InChI=1S/C18H28NO.C9H9ClO2/c1-3-16-14-18(20-17-9-5-4-6-10-17)13-15(2)19(16)11-7-8-12-19;10-7-12-9(6-11)8-4-2-1-3-5-8/h4-6,9-10,15-16,18H,3,7-8,11-14H2,1-2H3;1-6,9H,7H2/q+1;. The molecular formula is C27H37ClNO3+. The molecule has 0 saturated carbocycles. The van der Waals surface area contributed by atoms with Crippen molar-refractivity contribution in [2.75, 3.05) is 19.2 Å². The van der Waals surface area contributed by atoms with Gasteiger partial charge in [-0.05, 0) is 31.0 Å². The first-order valence-corrected chi connectivity index (χ1v) is 12.4. The van der Waals surface area contributed by atoms with Gasteiger partial charge in [-0.25, -0.2) is 0 Å². The van der Waals surface area contributed by atoms with E-state index < -0.39 is 6.10 Å². The third-order valence-electron chi connectivity index (χ3n) is 7.15. The summed E-state index contributed by atoms with van der Waals surface area (Å²) in [5, 5.41) is 0. The van der Waals surface area contributed by atoms with Crippen LogP contribution in [0.1, 0.15) is 57.6 Å². The molecule has 174 valence electrons. The van der Waals surface area contributed by atoms with Gasteiger partial charge in [0.05, 0.1) is 25.2 Å². The van der Waals surface area contributed by atoms with Crippen LogP contribution in [0.3, 0.4) is 0 Å². The number of ether oxygens (including phenoxy) is 2. The Labute approximate surface area is 198 Å². The van der Waals surface area contributed by atoms with Crippen molar-refractivity contribution >= 4 is 17.9 Å². The van der Waals surface area contributed by atoms with Crippen LogP contribution >= 0.6 is 11.6 Å². The minimum atomic E-state index is -0.538. The Bertz CT molecular complexity index is 795. The lowest BCUT2D eigenvalue weighted by atomic mass is 9.89. The lowest BCUT2D eigenvalue weighted by molar-refractivity contribution is -0.967. The van der Waals surface area contributed by atoms with Gasteiger partial charge >= 0.3 is 0 Å². The Morgan fingerprint density at radius 2 is 1.66 bits per heavy atom. The molecule has 2 heterocycles. The molecule has 5 heteroatoms. The molecule has 1 spiro atoms. The molecule has 4 unspecified atom stereocenters. The Hall–Kier alpha value is -1.88. The molecule has 2 aromatic carbocycles. The SMILES string of the molecule is CCC1CC(Oc2ccccc2)CC(C)[N+]12CCCC2.O=CC(OCCl)c1ccccc1. The summed E-state index contributed by atoms with van der Waals surface area (Å²) >= 11 is 5.34. The summed E-state index contributed by atoms with van der Waals surface area (Å²) < 4.78 is 12.6. The zero-order chi connectivity index (χ0) is 22.8. The average Bonchev–Trinajstić information content (AvgIpc) is 3.32. The fourth-order valence-electron chi connectivity index (χ4n) is 5.53. The van der Waals surface area contributed by atoms with Gasteiger partial charge in [0, 0.05) is 25.7 Å². The number of aldehydes is 1. The van der Waals surface area contributed by atoms with E-state index >= 15 is 0 Å². The number of rotatable bonds is 7.